The fourth-order valence-electron chi connectivity index (χ4n) is 1.51. The Bertz CT molecular complexity index is 626. The average molecular weight is 301 g/mol. The highest BCUT2D eigenvalue weighted by molar-refractivity contribution is 7.99. The number of ether oxygens (including phenoxy) is 1. The highest BCUT2D eigenvalue weighted by atomic mass is 32.2. The molecule has 20 heavy (non-hydrogen) atoms. The normalized spacial score (nSPS) is 12.3. The molecule has 1 aromatic carbocycles. The lowest BCUT2D eigenvalue weighted by Crippen LogP contribution is -2.12. The second-order valence-electron chi connectivity index (χ2n) is 3.99. The van der Waals surface area contributed by atoms with E-state index in [2.05, 4.69) is 4.98 Å². The standard InChI is InChI=1S/C13H13F2NO3S/c1-2-12(20-7-9-6-16-13(17)18-9)19-11-4-3-8(14)5-10(11)15/h3-6,12H,2,7H2,1H3,(H,16,17). The van der Waals surface area contributed by atoms with E-state index in [1.165, 1.54) is 24.0 Å². The van der Waals surface area contributed by atoms with Crippen LogP contribution in [-0.2, 0) is 5.75 Å². The van der Waals surface area contributed by atoms with Crippen LogP contribution in [0.2, 0.25) is 0 Å². The topological polar surface area (TPSA) is 55.2 Å². The summed E-state index contributed by atoms with van der Waals surface area (Å²) in [5, 5.41) is 0. The van der Waals surface area contributed by atoms with Crippen molar-refractivity contribution in [2.75, 3.05) is 0 Å². The first-order valence-corrected chi connectivity index (χ1v) is 7.04. The van der Waals surface area contributed by atoms with Gasteiger partial charge in [0, 0.05) is 12.3 Å². The number of nitrogens with one attached hydrogen (secondary N) is 1. The van der Waals surface area contributed by atoms with Crippen LogP contribution in [0.3, 0.4) is 0 Å². The molecule has 0 fully saturated rings. The molecule has 0 spiro atoms. The number of hydrogen-bond acceptors (Lipinski definition) is 4. The van der Waals surface area contributed by atoms with E-state index in [0.717, 1.165) is 12.1 Å². The van der Waals surface area contributed by atoms with Crippen LogP contribution in [0.4, 0.5) is 8.78 Å². The molecule has 2 rings (SSSR count). The number of aromatic nitrogens is 1. The van der Waals surface area contributed by atoms with E-state index in [9.17, 15) is 13.6 Å². The summed E-state index contributed by atoms with van der Waals surface area (Å²) >= 11 is 1.36. The summed E-state index contributed by atoms with van der Waals surface area (Å²) in [5.41, 5.74) is -0.324. The highest BCUT2D eigenvalue weighted by Crippen LogP contribution is 2.26. The lowest BCUT2D eigenvalue weighted by molar-refractivity contribution is 0.269. The van der Waals surface area contributed by atoms with Gasteiger partial charge in [-0.3, -0.25) is 4.98 Å². The fraction of sp³-hybridized carbons (Fsp3) is 0.308. The molecule has 1 atom stereocenters. The zero-order valence-electron chi connectivity index (χ0n) is 10.7. The number of aromatic amines is 1. The molecule has 7 heteroatoms. The van der Waals surface area contributed by atoms with E-state index in [1.807, 2.05) is 6.92 Å². The molecular weight excluding hydrogens is 288 g/mol. The maximum Gasteiger partial charge on any atom is 0.416 e. The third-order valence-corrected chi connectivity index (χ3v) is 3.72. The molecular formula is C13H13F2NO3S. The maximum atomic E-state index is 13.5. The van der Waals surface area contributed by atoms with Crippen LogP contribution in [0.15, 0.2) is 33.6 Å². The minimum Gasteiger partial charge on any atom is -0.477 e. The smallest absolute Gasteiger partial charge is 0.416 e. The lowest BCUT2D eigenvalue weighted by Gasteiger charge is -2.16. The van der Waals surface area contributed by atoms with Crippen molar-refractivity contribution >= 4 is 11.8 Å². The fourth-order valence-corrected chi connectivity index (χ4v) is 2.41. The number of benzene rings is 1. The van der Waals surface area contributed by atoms with Crippen molar-refractivity contribution in [3.63, 3.8) is 0 Å². The quantitative estimate of drug-likeness (QED) is 0.832. The molecule has 4 nitrogen and oxygen atoms in total. The molecule has 2 aromatic rings. The van der Waals surface area contributed by atoms with Crippen LogP contribution < -0.4 is 10.5 Å². The van der Waals surface area contributed by atoms with Crippen molar-refractivity contribution in [3.8, 4) is 5.75 Å². The predicted molar refractivity (Wildman–Crippen MR) is 71.7 cm³/mol. The molecule has 0 aliphatic carbocycles. The van der Waals surface area contributed by atoms with Gasteiger partial charge in [0.05, 0.1) is 5.75 Å². The Balaban J connectivity index is 1.96. The zero-order valence-corrected chi connectivity index (χ0v) is 11.5. The van der Waals surface area contributed by atoms with E-state index in [-0.39, 0.29) is 11.2 Å². The Morgan fingerprint density at radius 1 is 1.45 bits per heavy atom. The summed E-state index contributed by atoms with van der Waals surface area (Å²) in [4.78, 5) is 13.2. The van der Waals surface area contributed by atoms with Gasteiger partial charge >= 0.3 is 5.76 Å². The van der Waals surface area contributed by atoms with E-state index in [4.69, 9.17) is 9.15 Å². The summed E-state index contributed by atoms with van der Waals surface area (Å²) in [5.74, 6) is -0.996. The van der Waals surface area contributed by atoms with E-state index in [1.54, 1.807) is 0 Å². The number of hydrogen-bond donors (Lipinski definition) is 1. The molecule has 0 aliphatic rings. The highest BCUT2D eigenvalue weighted by Gasteiger charge is 2.13. The molecule has 1 heterocycles. The molecule has 0 saturated carbocycles. The number of thioether (sulfide) groups is 1. The summed E-state index contributed by atoms with van der Waals surface area (Å²) in [6, 6.07) is 3.17. The Morgan fingerprint density at radius 2 is 2.25 bits per heavy atom. The summed E-state index contributed by atoms with van der Waals surface area (Å²) in [7, 11) is 0. The van der Waals surface area contributed by atoms with Crippen molar-refractivity contribution < 1.29 is 17.9 Å². The average Bonchev–Trinajstić information content (AvgIpc) is 2.82. The molecule has 0 radical (unpaired) electrons. The van der Waals surface area contributed by atoms with Gasteiger partial charge in [-0.15, -0.1) is 11.8 Å². The molecule has 0 amide bonds. The SMILES string of the molecule is CCC(Oc1ccc(F)cc1F)SCc1c[nH]c(=O)o1. The summed E-state index contributed by atoms with van der Waals surface area (Å²) < 4.78 is 36.6. The van der Waals surface area contributed by atoms with Gasteiger partial charge in [-0.25, -0.2) is 13.6 Å². The predicted octanol–water partition coefficient (Wildman–Crippen LogP) is 3.29. The minimum absolute atomic E-state index is 0.00118. The van der Waals surface area contributed by atoms with Gasteiger partial charge in [-0.05, 0) is 18.6 Å². The third-order valence-electron chi connectivity index (χ3n) is 2.47. The molecule has 0 bridgehead atoms. The number of oxazole rings is 1. The van der Waals surface area contributed by atoms with Gasteiger partial charge in [0.2, 0.25) is 0 Å². The van der Waals surface area contributed by atoms with Gasteiger partial charge in [-0.1, -0.05) is 6.92 Å². The van der Waals surface area contributed by atoms with Gasteiger partial charge < -0.3 is 9.15 Å². The van der Waals surface area contributed by atoms with Gasteiger partial charge in [0.1, 0.15) is 17.0 Å². The van der Waals surface area contributed by atoms with E-state index in [0.29, 0.717) is 17.9 Å². The van der Waals surface area contributed by atoms with Crippen LogP contribution in [0, 0.1) is 11.6 Å². The van der Waals surface area contributed by atoms with Crippen LogP contribution in [0.5, 0.6) is 5.75 Å². The maximum absolute atomic E-state index is 13.5. The third kappa shape index (κ3) is 3.86. The Morgan fingerprint density at radius 3 is 2.85 bits per heavy atom. The second kappa shape index (κ2) is 6.60. The first-order valence-electron chi connectivity index (χ1n) is 5.99. The van der Waals surface area contributed by atoms with Crippen LogP contribution >= 0.6 is 11.8 Å². The van der Waals surface area contributed by atoms with Crippen molar-refractivity contribution in [2.24, 2.45) is 0 Å². The first kappa shape index (κ1) is 14.6. The van der Waals surface area contributed by atoms with E-state index < -0.39 is 17.4 Å². The lowest BCUT2D eigenvalue weighted by atomic mass is 10.3. The molecule has 0 saturated heterocycles. The number of rotatable bonds is 6. The van der Waals surface area contributed by atoms with Crippen LogP contribution in [0.1, 0.15) is 19.1 Å². The van der Waals surface area contributed by atoms with Crippen LogP contribution in [0.25, 0.3) is 0 Å². The first-order chi connectivity index (χ1) is 9.58. The van der Waals surface area contributed by atoms with Crippen LogP contribution in [-0.4, -0.2) is 10.4 Å². The second-order valence-corrected chi connectivity index (χ2v) is 5.13. The van der Waals surface area contributed by atoms with Gasteiger partial charge in [-0.2, -0.15) is 0 Å². The monoisotopic (exact) mass is 301 g/mol. The largest absolute Gasteiger partial charge is 0.477 e. The van der Waals surface area contributed by atoms with Crippen molar-refractivity contribution in [1.29, 1.82) is 0 Å². The molecule has 0 aliphatic heterocycles. The van der Waals surface area contributed by atoms with Gasteiger partial charge in [0.25, 0.3) is 0 Å². The van der Waals surface area contributed by atoms with Crippen molar-refractivity contribution in [3.05, 3.63) is 52.3 Å². The number of H-pyrrole nitrogens is 1. The van der Waals surface area contributed by atoms with Gasteiger partial charge in [0.15, 0.2) is 11.6 Å². The zero-order chi connectivity index (χ0) is 14.5. The summed E-state index contributed by atoms with van der Waals surface area (Å²) in [6.45, 7) is 1.88. The Hall–Kier alpha value is -1.76. The molecule has 1 N–H and O–H groups in total. The molecule has 1 unspecified atom stereocenters. The van der Waals surface area contributed by atoms with E-state index >= 15 is 0 Å². The Labute approximate surface area is 118 Å². The molecule has 1 aromatic heterocycles. The molecule has 108 valence electrons. The Kier molecular flexibility index (Phi) is 4.84. The van der Waals surface area contributed by atoms with Crippen molar-refractivity contribution in [2.45, 2.75) is 24.5 Å². The van der Waals surface area contributed by atoms with Crippen molar-refractivity contribution in [1.82, 2.24) is 4.98 Å². The summed E-state index contributed by atoms with van der Waals surface area (Å²) in [6.07, 6.45) is 2.09. The number of halogens is 2. The minimum atomic E-state index is -0.739.